The molecule has 1 rings (SSSR count). The van der Waals surface area contributed by atoms with Gasteiger partial charge in [0.1, 0.15) is 0 Å². The molecule has 0 spiro atoms. The maximum atomic E-state index is 6.14. The molecule has 1 aromatic heterocycles. The zero-order valence-electron chi connectivity index (χ0n) is 9.04. The van der Waals surface area contributed by atoms with Crippen molar-refractivity contribution in [3.63, 3.8) is 0 Å². The summed E-state index contributed by atoms with van der Waals surface area (Å²) >= 11 is 6.14. The summed E-state index contributed by atoms with van der Waals surface area (Å²) in [6.07, 6.45) is 7.52. The second-order valence-electron chi connectivity index (χ2n) is 3.72. The molecule has 0 aromatic carbocycles. The van der Waals surface area contributed by atoms with Gasteiger partial charge < -0.3 is 0 Å². The average Bonchev–Trinajstić information content (AvgIpc) is 2.52. The van der Waals surface area contributed by atoms with Crippen molar-refractivity contribution in [2.24, 2.45) is 7.05 Å². The molecule has 0 aliphatic rings. The van der Waals surface area contributed by atoms with E-state index in [-0.39, 0.29) is 0 Å². The van der Waals surface area contributed by atoms with Crippen LogP contribution in [-0.4, -0.2) is 15.2 Å². The van der Waals surface area contributed by atoms with Crippen molar-refractivity contribution >= 4 is 11.6 Å². The fourth-order valence-corrected chi connectivity index (χ4v) is 1.98. The van der Waals surface area contributed by atoms with Crippen molar-refractivity contribution in [3.05, 3.63) is 18.0 Å². The maximum Gasteiger partial charge on any atom is 0.0492 e. The molecule has 1 heterocycles. The van der Waals surface area contributed by atoms with Gasteiger partial charge in [0, 0.05) is 24.3 Å². The molecular formula is C11H19ClN2. The Morgan fingerprint density at radius 3 is 2.86 bits per heavy atom. The van der Waals surface area contributed by atoms with Gasteiger partial charge in [-0.3, -0.25) is 4.68 Å². The lowest BCUT2D eigenvalue weighted by Crippen LogP contribution is -2.02. The molecule has 0 radical (unpaired) electrons. The van der Waals surface area contributed by atoms with Crippen LogP contribution in [0.5, 0.6) is 0 Å². The smallest absolute Gasteiger partial charge is 0.0492 e. The SMILES string of the molecule is CCCC(Cl)CCCc1ccnn1C. The Labute approximate surface area is 91.3 Å². The maximum absolute atomic E-state index is 6.14. The Bertz CT molecular complexity index is 258. The summed E-state index contributed by atoms with van der Waals surface area (Å²) in [4.78, 5) is 0. The minimum absolute atomic E-state index is 0.355. The molecule has 2 nitrogen and oxygen atoms in total. The van der Waals surface area contributed by atoms with Crippen molar-refractivity contribution in [3.8, 4) is 0 Å². The van der Waals surface area contributed by atoms with Crippen LogP contribution in [0, 0.1) is 0 Å². The van der Waals surface area contributed by atoms with E-state index in [9.17, 15) is 0 Å². The van der Waals surface area contributed by atoms with Crippen LogP contribution < -0.4 is 0 Å². The van der Waals surface area contributed by atoms with Gasteiger partial charge in [0.25, 0.3) is 0 Å². The average molecular weight is 215 g/mol. The number of hydrogen-bond donors (Lipinski definition) is 0. The number of rotatable bonds is 6. The molecule has 0 amide bonds. The topological polar surface area (TPSA) is 17.8 Å². The Hall–Kier alpha value is -0.500. The Morgan fingerprint density at radius 1 is 1.50 bits per heavy atom. The lowest BCUT2D eigenvalue weighted by Gasteiger charge is -2.07. The second kappa shape index (κ2) is 6.07. The lowest BCUT2D eigenvalue weighted by atomic mass is 10.1. The number of hydrogen-bond acceptors (Lipinski definition) is 1. The van der Waals surface area contributed by atoms with Crippen LogP contribution in [0.15, 0.2) is 12.3 Å². The molecule has 0 aliphatic carbocycles. The highest BCUT2D eigenvalue weighted by atomic mass is 35.5. The van der Waals surface area contributed by atoms with Crippen LogP contribution >= 0.6 is 11.6 Å². The third-order valence-electron chi connectivity index (χ3n) is 2.47. The van der Waals surface area contributed by atoms with Crippen LogP contribution in [0.25, 0.3) is 0 Å². The molecule has 0 saturated carbocycles. The zero-order valence-corrected chi connectivity index (χ0v) is 9.80. The molecule has 1 unspecified atom stereocenters. The molecule has 1 atom stereocenters. The first-order valence-corrected chi connectivity index (χ1v) is 5.78. The summed E-state index contributed by atoms with van der Waals surface area (Å²) < 4.78 is 1.93. The monoisotopic (exact) mass is 214 g/mol. The zero-order chi connectivity index (χ0) is 10.4. The molecule has 0 saturated heterocycles. The number of aromatic nitrogens is 2. The van der Waals surface area contributed by atoms with E-state index in [4.69, 9.17) is 11.6 Å². The summed E-state index contributed by atoms with van der Waals surface area (Å²) in [6.45, 7) is 2.18. The first-order chi connectivity index (χ1) is 6.74. The van der Waals surface area contributed by atoms with E-state index in [1.807, 2.05) is 17.9 Å². The van der Waals surface area contributed by atoms with Crippen LogP contribution in [0.3, 0.4) is 0 Å². The van der Waals surface area contributed by atoms with Crippen LogP contribution in [0.1, 0.15) is 38.3 Å². The molecule has 0 fully saturated rings. The normalized spacial score (nSPS) is 13.1. The number of aryl methyl sites for hydroxylation is 2. The summed E-state index contributed by atoms with van der Waals surface area (Å²) in [5, 5.41) is 4.49. The van der Waals surface area contributed by atoms with Crippen molar-refractivity contribution < 1.29 is 0 Å². The summed E-state index contributed by atoms with van der Waals surface area (Å²) in [6, 6.07) is 2.07. The summed E-state index contributed by atoms with van der Waals surface area (Å²) in [7, 11) is 1.99. The van der Waals surface area contributed by atoms with E-state index >= 15 is 0 Å². The van der Waals surface area contributed by atoms with E-state index in [0.717, 1.165) is 25.7 Å². The van der Waals surface area contributed by atoms with Crippen LogP contribution in [-0.2, 0) is 13.5 Å². The molecule has 14 heavy (non-hydrogen) atoms. The third-order valence-corrected chi connectivity index (χ3v) is 2.91. The Morgan fingerprint density at radius 2 is 2.29 bits per heavy atom. The quantitative estimate of drug-likeness (QED) is 0.666. The van der Waals surface area contributed by atoms with Crippen molar-refractivity contribution in [2.75, 3.05) is 0 Å². The van der Waals surface area contributed by atoms with E-state index in [0.29, 0.717) is 5.38 Å². The lowest BCUT2D eigenvalue weighted by molar-refractivity contribution is 0.616. The summed E-state index contributed by atoms with van der Waals surface area (Å²) in [5.74, 6) is 0. The summed E-state index contributed by atoms with van der Waals surface area (Å²) in [5.41, 5.74) is 1.30. The number of nitrogens with zero attached hydrogens (tertiary/aromatic N) is 2. The van der Waals surface area contributed by atoms with Gasteiger partial charge in [-0.2, -0.15) is 5.10 Å². The fraction of sp³-hybridized carbons (Fsp3) is 0.727. The van der Waals surface area contributed by atoms with Gasteiger partial charge in [-0.05, 0) is 31.7 Å². The van der Waals surface area contributed by atoms with Crippen LogP contribution in [0.4, 0.5) is 0 Å². The van der Waals surface area contributed by atoms with Gasteiger partial charge >= 0.3 is 0 Å². The highest BCUT2D eigenvalue weighted by Gasteiger charge is 2.04. The molecule has 80 valence electrons. The van der Waals surface area contributed by atoms with Crippen molar-refractivity contribution in [1.29, 1.82) is 0 Å². The van der Waals surface area contributed by atoms with Gasteiger partial charge in [0.05, 0.1) is 0 Å². The van der Waals surface area contributed by atoms with Crippen molar-refractivity contribution in [2.45, 2.75) is 44.4 Å². The second-order valence-corrected chi connectivity index (χ2v) is 4.34. The highest BCUT2D eigenvalue weighted by Crippen LogP contribution is 2.13. The van der Waals surface area contributed by atoms with Crippen molar-refractivity contribution in [1.82, 2.24) is 9.78 Å². The largest absolute Gasteiger partial charge is 0.273 e. The Balaban J connectivity index is 2.19. The minimum atomic E-state index is 0.355. The predicted octanol–water partition coefficient (Wildman–Crippen LogP) is 3.15. The molecule has 0 N–H and O–H groups in total. The van der Waals surface area contributed by atoms with Crippen LogP contribution in [0.2, 0.25) is 0 Å². The molecule has 3 heteroatoms. The predicted molar refractivity (Wildman–Crippen MR) is 60.7 cm³/mol. The van der Waals surface area contributed by atoms with E-state index in [1.165, 1.54) is 12.1 Å². The molecular weight excluding hydrogens is 196 g/mol. The van der Waals surface area contributed by atoms with Gasteiger partial charge in [0.15, 0.2) is 0 Å². The molecule has 1 aromatic rings. The number of alkyl halides is 1. The minimum Gasteiger partial charge on any atom is -0.273 e. The van der Waals surface area contributed by atoms with E-state index in [2.05, 4.69) is 18.1 Å². The molecule has 0 aliphatic heterocycles. The van der Waals surface area contributed by atoms with E-state index in [1.54, 1.807) is 0 Å². The molecule has 0 bridgehead atoms. The first-order valence-electron chi connectivity index (χ1n) is 5.35. The Kier molecular flexibility index (Phi) is 5.02. The van der Waals surface area contributed by atoms with Gasteiger partial charge in [-0.25, -0.2) is 0 Å². The van der Waals surface area contributed by atoms with E-state index < -0.39 is 0 Å². The third kappa shape index (κ3) is 3.70. The first kappa shape index (κ1) is 11.6. The van der Waals surface area contributed by atoms with Gasteiger partial charge in [-0.15, -0.1) is 11.6 Å². The fourth-order valence-electron chi connectivity index (χ4n) is 1.61. The number of halogens is 1. The highest BCUT2D eigenvalue weighted by molar-refractivity contribution is 6.20. The van der Waals surface area contributed by atoms with Gasteiger partial charge in [0.2, 0.25) is 0 Å². The van der Waals surface area contributed by atoms with Gasteiger partial charge in [-0.1, -0.05) is 13.3 Å². The standard InChI is InChI=1S/C11H19ClN2/c1-3-5-10(12)6-4-7-11-8-9-13-14(11)2/h8-10H,3-7H2,1-2H3.